The third-order valence-electron chi connectivity index (χ3n) is 8.09. The zero-order valence-electron chi connectivity index (χ0n) is 22.4. The molecule has 2 fully saturated rings. The first-order chi connectivity index (χ1) is 18.9. The number of amides is 1. The molecule has 3 atom stereocenters. The molecule has 4 heterocycles. The Labute approximate surface area is 245 Å². The van der Waals surface area contributed by atoms with Gasteiger partial charge in [-0.05, 0) is 65.9 Å². The van der Waals surface area contributed by atoms with Crippen LogP contribution in [0.1, 0.15) is 49.9 Å². The predicted octanol–water partition coefficient (Wildman–Crippen LogP) is 6.39. The third-order valence-corrected chi connectivity index (χ3v) is 9.67. The molecule has 0 unspecified atom stereocenters. The first-order valence-electron chi connectivity index (χ1n) is 13.8. The zero-order chi connectivity index (χ0) is 27.1. The zero-order valence-corrected chi connectivity index (χ0v) is 24.7. The number of carbonyl (C=O) groups is 1. The topological polar surface area (TPSA) is 48.4 Å². The molecule has 2 saturated heterocycles. The molecule has 4 aliphatic rings. The summed E-state index contributed by atoms with van der Waals surface area (Å²) in [6.07, 6.45) is 2.10. The monoisotopic (exact) mass is 584 g/mol. The van der Waals surface area contributed by atoms with E-state index in [4.69, 9.17) is 32.9 Å². The highest BCUT2D eigenvalue weighted by Crippen LogP contribution is 2.53. The smallest absolute Gasteiger partial charge is 0.262 e. The van der Waals surface area contributed by atoms with Gasteiger partial charge in [0.1, 0.15) is 10.9 Å². The number of allylic oxidation sites excluding steroid dienone is 1. The third kappa shape index (κ3) is 5.36. The Hall–Kier alpha value is -2.03. The normalized spacial score (nSPS) is 25.6. The molecule has 2 aromatic rings. The number of thioether (sulfide) groups is 1. The predicted molar refractivity (Wildman–Crippen MR) is 159 cm³/mol. The quantitative estimate of drug-likeness (QED) is 0.394. The number of hydrogen-bond donors (Lipinski definition) is 0. The lowest BCUT2D eigenvalue weighted by Gasteiger charge is -2.34. The number of morpholine rings is 1. The summed E-state index contributed by atoms with van der Waals surface area (Å²) < 4.78 is 5.54. The number of hydrogen-bond acceptors (Lipinski definition) is 6. The molecule has 0 saturated carbocycles. The van der Waals surface area contributed by atoms with Gasteiger partial charge in [-0.1, -0.05) is 61.3 Å². The van der Waals surface area contributed by atoms with Crippen molar-refractivity contribution >= 4 is 46.0 Å². The second kappa shape index (κ2) is 11.5. The van der Waals surface area contributed by atoms with Gasteiger partial charge in [0.15, 0.2) is 5.17 Å². The molecule has 0 N–H and O–H groups in total. The van der Waals surface area contributed by atoms with Crippen molar-refractivity contribution in [1.82, 2.24) is 14.7 Å². The maximum Gasteiger partial charge on any atom is 0.262 e. The average Bonchev–Trinajstić information content (AvgIpc) is 3.64. The van der Waals surface area contributed by atoms with Crippen molar-refractivity contribution in [3.63, 3.8) is 0 Å². The molecule has 4 aliphatic heterocycles. The van der Waals surface area contributed by atoms with Gasteiger partial charge in [-0.3, -0.25) is 14.7 Å². The first kappa shape index (κ1) is 27.2. The van der Waals surface area contributed by atoms with Gasteiger partial charge in [0, 0.05) is 48.0 Å². The summed E-state index contributed by atoms with van der Waals surface area (Å²) in [5, 5.41) is 2.30. The Bertz CT molecular complexity index is 1270. The average molecular weight is 586 g/mol. The standard InChI is InChI=1S/C30H34Cl2N4O2S/c1-19(2)26-28(29(37)35-13-3-4-24(35)18-34-14-16-38-17-15-34)39-30-33-25(20-5-9-22(31)10-6-20)27(36(26)30)21-7-11-23(32)12-8-21/h5-12,19,24-25,27H,3-4,13-18H2,1-2H3/t24-,25-,27+/m0/s1. The van der Waals surface area contributed by atoms with Crippen LogP contribution >= 0.6 is 35.0 Å². The molecule has 0 bridgehead atoms. The van der Waals surface area contributed by atoms with E-state index in [1.807, 2.05) is 24.3 Å². The lowest BCUT2D eigenvalue weighted by molar-refractivity contribution is -0.127. The summed E-state index contributed by atoms with van der Waals surface area (Å²) in [5.74, 6) is 0.303. The minimum Gasteiger partial charge on any atom is -0.379 e. The van der Waals surface area contributed by atoms with E-state index in [0.29, 0.717) is 10.0 Å². The molecule has 2 aromatic carbocycles. The Morgan fingerprint density at radius 3 is 2.28 bits per heavy atom. The molecule has 0 spiro atoms. The van der Waals surface area contributed by atoms with Gasteiger partial charge in [-0.25, -0.2) is 0 Å². The summed E-state index contributed by atoms with van der Waals surface area (Å²) in [4.78, 5) is 27.1. The Morgan fingerprint density at radius 2 is 1.64 bits per heavy atom. The highest BCUT2D eigenvalue weighted by atomic mass is 35.5. The molecule has 9 heteroatoms. The fourth-order valence-corrected chi connectivity index (χ4v) is 7.75. The largest absolute Gasteiger partial charge is 0.379 e. The van der Waals surface area contributed by atoms with Gasteiger partial charge in [-0.2, -0.15) is 0 Å². The van der Waals surface area contributed by atoms with Gasteiger partial charge in [0.25, 0.3) is 5.91 Å². The molecule has 6 rings (SSSR count). The van der Waals surface area contributed by atoms with Crippen molar-refractivity contribution in [3.8, 4) is 0 Å². The van der Waals surface area contributed by atoms with Crippen molar-refractivity contribution in [3.05, 3.63) is 80.3 Å². The first-order valence-corrected chi connectivity index (χ1v) is 15.4. The fraction of sp³-hybridized carbons (Fsp3) is 0.467. The van der Waals surface area contributed by atoms with E-state index >= 15 is 0 Å². The van der Waals surface area contributed by atoms with Crippen LogP contribution in [0.15, 0.2) is 64.1 Å². The number of nitrogens with zero attached hydrogens (tertiary/aromatic N) is 4. The van der Waals surface area contributed by atoms with Crippen LogP contribution in [0.2, 0.25) is 10.0 Å². The van der Waals surface area contributed by atoms with E-state index in [1.165, 1.54) is 0 Å². The highest BCUT2D eigenvalue weighted by molar-refractivity contribution is 8.18. The minimum absolute atomic E-state index is 0.0728. The molecule has 0 aliphatic carbocycles. The van der Waals surface area contributed by atoms with Crippen LogP contribution in [0.25, 0.3) is 0 Å². The second-order valence-corrected chi connectivity index (χ2v) is 12.8. The number of fused-ring (bicyclic) bond motifs is 1. The molecule has 0 radical (unpaired) electrons. The van der Waals surface area contributed by atoms with Crippen molar-refractivity contribution in [2.75, 3.05) is 39.4 Å². The van der Waals surface area contributed by atoms with E-state index in [2.05, 4.69) is 52.8 Å². The Kier molecular flexibility index (Phi) is 7.98. The molecular weight excluding hydrogens is 551 g/mol. The minimum atomic E-state index is -0.114. The highest BCUT2D eigenvalue weighted by Gasteiger charge is 2.48. The SMILES string of the molecule is CC(C)C1=C(C(=O)N2CCC[C@H]2CN2CCOCC2)SC2=N[C@@H](c3ccc(Cl)cc3)[C@@H](c3ccc(Cl)cc3)N21. The summed E-state index contributed by atoms with van der Waals surface area (Å²) in [6.45, 7) is 9.50. The molecule has 39 heavy (non-hydrogen) atoms. The summed E-state index contributed by atoms with van der Waals surface area (Å²) in [6, 6.07) is 16.0. The lowest BCUT2D eigenvalue weighted by atomic mass is 9.92. The molecule has 6 nitrogen and oxygen atoms in total. The second-order valence-electron chi connectivity index (χ2n) is 11.0. The fourth-order valence-electron chi connectivity index (χ4n) is 6.20. The van der Waals surface area contributed by atoms with Crippen molar-refractivity contribution in [2.45, 2.75) is 44.8 Å². The molecule has 0 aromatic heterocycles. The summed E-state index contributed by atoms with van der Waals surface area (Å²) >= 11 is 14.0. The number of ether oxygens (including phenoxy) is 1. The number of rotatable bonds is 6. The van der Waals surface area contributed by atoms with Crippen LogP contribution in [-0.2, 0) is 9.53 Å². The van der Waals surface area contributed by atoms with Gasteiger partial charge in [-0.15, -0.1) is 0 Å². The van der Waals surface area contributed by atoms with Crippen molar-refractivity contribution in [2.24, 2.45) is 10.9 Å². The molecule has 1 amide bonds. The van der Waals surface area contributed by atoms with Crippen molar-refractivity contribution in [1.29, 1.82) is 0 Å². The van der Waals surface area contributed by atoms with Crippen LogP contribution in [0.4, 0.5) is 0 Å². The lowest BCUT2D eigenvalue weighted by Crippen LogP contribution is -2.47. The van der Waals surface area contributed by atoms with Gasteiger partial charge < -0.3 is 14.5 Å². The number of likely N-dealkylation sites (tertiary alicyclic amines) is 1. The van der Waals surface area contributed by atoms with E-state index in [-0.39, 0.29) is 30.0 Å². The van der Waals surface area contributed by atoms with E-state index < -0.39 is 0 Å². The van der Waals surface area contributed by atoms with Crippen LogP contribution in [0.5, 0.6) is 0 Å². The Morgan fingerprint density at radius 1 is 1.00 bits per heavy atom. The maximum absolute atomic E-state index is 14.2. The molecule has 206 valence electrons. The summed E-state index contributed by atoms with van der Waals surface area (Å²) in [7, 11) is 0. The number of benzene rings is 2. The van der Waals surface area contributed by atoms with Gasteiger partial charge in [0.05, 0.1) is 19.3 Å². The van der Waals surface area contributed by atoms with Crippen LogP contribution in [0, 0.1) is 5.92 Å². The maximum atomic E-state index is 14.2. The van der Waals surface area contributed by atoms with E-state index in [0.717, 1.165) is 79.1 Å². The van der Waals surface area contributed by atoms with E-state index in [9.17, 15) is 4.79 Å². The van der Waals surface area contributed by atoms with Crippen LogP contribution < -0.4 is 0 Å². The van der Waals surface area contributed by atoms with Gasteiger partial charge >= 0.3 is 0 Å². The number of carbonyl (C=O) groups excluding carboxylic acids is 1. The molecular formula is C30H34Cl2N4O2S. The number of halogens is 2. The number of aliphatic imine (C=N–C) groups is 1. The van der Waals surface area contributed by atoms with Crippen LogP contribution in [-0.4, -0.2) is 71.2 Å². The summed E-state index contributed by atoms with van der Waals surface area (Å²) in [5.41, 5.74) is 3.29. The van der Waals surface area contributed by atoms with Crippen molar-refractivity contribution < 1.29 is 9.53 Å². The van der Waals surface area contributed by atoms with Crippen LogP contribution in [0.3, 0.4) is 0 Å². The Balaban J connectivity index is 1.34. The van der Waals surface area contributed by atoms with E-state index in [1.54, 1.807) is 11.8 Å². The van der Waals surface area contributed by atoms with Gasteiger partial charge in [0.2, 0.25) is 0 Å². The number of amidine groups is 1.